The largest absolute Gasteiger partial charge is 0.673 e. The minimum absolute atomic E-state index is 0.815. The van der Waals surface area contributed by atoms with Gasteiger partial charge in [0.25, 0.3) is 0 Å². The van der Waals surface area contributed by atoms with Gasteiger partial charge in [0.1, 0.15) is 12.9 Å². The highest BCUT2D eigenvalue weighted by atomic mass is 32.1. The van der Waals surface area contributed by atoms with E-state index in [0.717, 1.165) is 5.82 Å². The second-order valence-electron chi connectivity index (χ2n) is 8.11. The molecule has 0 fully saturated rings. The van der Waals surface area contributed by atoms with Crippen LogP contribution in [-0.4, -0.2) is 12.2 Å². The van der Waals surface area contributed by atoms with Crippen LogP contribution in [0, 0.1) is 0 Å². The first-order chi connectivity index (χ1) is 18.4. The summed E-state index contributed by atoms with van der Waals surface area (Å²) < 4.78 is 43.1. The molecule has 0 radical (unpaired) electrons. The van der Waals surface area contributed by atoms with Crippen molar-refractivity contribution in [1.29, 1.82) is 0 Å². The van der Waals surface area contributed by atoms with Crippen molar-refractivity contribution in [1.82, 2.24) is 4.98 Å². The van der Waals surface area contributed by atoms with E-state index < -0.39 is 21.6 Å². The molecule has 0 saturated carbocycles. The van der Waals surface area contributed by atoms with Gasteiger partial charge < -0.3 is 17.3 Å². The molecule has 9 heteroatoms. The van der Waals surface area contributed by atoms with Crippen LogP contribution in [0.2, 0.25) is 0 Å². The van der Waals surface area contributed by atoms with E-state index in [9.17, 15) is 17.3 Å². The number of hydrogen-bond donors (Lipinski definition) is 1. The smallest absolute Gasteiger partial charge is 0.418 e. The predicted octanol–water partition coefficient (Wildman–Crippen LogP) is 5.99. The van der Waals surface area contributed by atoms with Gasteiger partial charge in [-0.05, 0) is 16.7 Å². The van der Waals surface area contributed by atoms with Crippen molar-refractivity contribution in [2.45, 2.75) is 0 Å². The monoisotopic (exact) mass is 550 g/mol. The van der Waals surface area contributed by atoms with Crippen molar-refractivity contribution in [2.24, 2.45) is 0 Å². The summed E-state index contributed by atoms with van der Waals surface area (Å²) >= 11 is 0. The zero-order valence-electron chi connectivity index (χ0n) is 20.3. The number of nitrogens with one attached hydrogen (secondary N) is 1. The average molecular weight is 550 g/mol. The molecular weight excluding hydrogens is 525 g/mol. The Morgan fingerprint density at radius 2 is 0.895 bits per heavy atom. The van der Waals surface area contributed by atoms with Gasteiger partial charge in [0.15, 0.2) is 0 Å². The lowest BCUT2D eigenvalue weighted by Crippen LogP contribution is -2.63. The Morgan fingerprint density at radius 3 is 1.26 bits per heavy atom. The first kappa shape index (κ1) is 27.5. The van der Waals surface area contributed by atoms with Gasteiger partial charge in [-0.3, -0.25) is 0 Å². The number of aromatic nitrogens is 1. The van der Waals surface area contributed by atoms with Crippen molar-refractivity contribution in [3.63, 3.8) is 0 Å². The Kier molecular flexibility index (Phi) is 9.28. The molecule has 0 amide bonds. The summed E-state index contributed by atoms with van der Waals surface area (Å²) in [6.45, 7) is -2.22. The number of nitrogens with zero attached hydrogens (tertiary/aromatic N) is 1. The fraction of sp³-hybridized carbons (Fsp3) is 0. The van der Waals surface area contributed by atoms with Crippen LogP contribution in [0.15, 0.2) is 146 Å². The SMILES string of the molecule is F[B-](F)(F)F.c1ccc(P(c2ccccc2)P(=[NH+]c2ccccn2)(c2ccccc2)c2ccccc2)cc1. The highest BCUT2D eigenvalue weighted by molar-refractivity contribution is 8.44. The normalized spacial score (nSPS) is 11.4. The van der Waals surface area contributed by atoms with E-state index >= 15 is 0 Å². The second kappa shape index (κ2) is 12.8. The van der Waals surface area contributed by atoms with Gasteiger partial charge in [0.2, 0.25) is 0 Å². The Labute approximate surface area is 221 Å². The zero-order chi connectivity index (χ0) is 26.8. The lowest BCUT2D eigenvalue weighted by atomic mass is 10.3. The van der Waals surface area contributed by atoms with Gasteiger partial charge in [0.05, 0.1) is 0 Å². The first-order valence-corrected chi connectivity index (χ1v) is 15.7. The van der Waals surface area contributed by atoms with Crippen LogP contribution in [0.25, 0.3) is 0 Å². The Bertz CT molecular complexity index is 1370. The predicted molar refractivity (Wildman–Crippen MR) is 153 cm³/mol. The molecule has 0 bridgehead atoms. The molecule has 0 unspecified atom stereocenters. The van der Waals surface area contributed by atoms with Gasteiger partial charge >= 0.3 is 13.1 Å². The number of benzene rings is 4. The van der Waals surface area contributed by atoms with E-state index in [4.69, 9.17) is 4.98 Å². The van der Waals surface area contributed by atoms with Crippen LogP contribution in [0.3, 0.4) is 0 Å². The third kappa shape index (κ3) is 7.07. The van der Waals surface area contributed by atoms with E-state index in [1.54, 1.807) is 0 Å². The Hall–Kier alpha value is -3.53. The van der Waals surface area contributed by atoms with Crippen molar-refractivity contribution < 1.29 is 22.0 Å². The lowest BCUT2D eigenvalue weighted by Gasteiger charge is -2.33. The van der Waals surface area contributed by atoms with Gasteiger partial charge in [-0.2, -0.15) is 0 Å². The topological polar surface area (TPSA) is 26.9 Å². The molecule has 5 aromatic rings. The molecule has 192 valence electrons. The van der Waals surface area contributed by atoms with Crippen LogP contribution in [-0.2, 0) is 0 Å². The summed E-state index contributed by atoms with van der Waals surface area (Å²) in [4.78, 5) is 4.71. The number of halogens is 4. The molecule has 4 aromatic carbocycles. The third-order valence-corrected chi connectivity index (χ3v) is 15.2. The molecule has 1 heterocycles. The van der Waals surface area contributed by atoms with Crippen molar-refractivity contribution >= 4 is 48.6 Å². The fourth-order valence-corrected chi connectivity index (χ4v) is 14.4. The summed E-state index contributed by atoms with van der Waals surface area (Å²) in [5, 5.41) is 5.34. The van der Waals surface area contributed by atoms with Gasteiger partial charge in [-0.25, -0.2) is 4.74 Å². The van der Waals surface area contributed by atoms with E-state index in [2.05, 4.69) is 132 Å². The van der Waals surface area contributed by atoms with Crippen LogP contribution >= 0.6 is 14.4 Å². The quantitative estimate of drug-likeness (QED) is 0.157. The van der Waals surface area contributed by atoms with Crippen molar-refractivity contribution in [3.8, 4) is 0 Å². The minimum atomic E-state index is -6.00. The van der Waals surface area contributed by atoms with Crippen LogP contribution < -0.4 is 26.0 Å². The summed E-state index contributed by atoms with van der Waals surface area (Å²) in [5.41, 5.74) is 0. The van der Waals surface area contributed by atoms with Crippen molar-refractivity contribution in [3.05, 3.63) is 146 Å². The maximum absolute atomic E-state index is 9.75. The van der Waals surface area contributed by atoms with E-state index in [1.165, 1.54) is 21.2 Å². The molecule has 0 aliphatic heterocycles. The third-order valence-electron chi connectivity index (χ3n) is 5.50. The molecule has 0 aliphatic rings. The summed E-state index contributed by atoms with van der Waals surface area (Å²) in [6, 6.07) is 49.9. The molecule has 1 N–H and O–H groups in total. The first-order valence-electron chi connectivity index (χ1n) is 11.9. The Balaban J connectivity index is 0.000000617. The summed E-state index contributed by atoms with van der Waals surface area (Å²) in [7, 11) is -6.81. The second-order valence-corrected chi connectivity index (χ2v) is 15.3. The average Bonchev–Trinajstić information content (AvgIpc) is 2.94. The molecule has 0 atom stereocenters. The highest BCUT2D eigenvalue weighted by Crippen LogP contribution is 2.70. The molecular formula is C29H25BF4N2P2. The lowest BCUT2D eigenvalue weighted by molar-refractivity contribution is -0.330. The molecule has 2 nitrogen and oxygen atoms in total. The highest BCUT2D eigenvalue weighted by Gasteiger charge is 2.39. The maximum atomic E-state index is 9.75. The van der Waals surface area contributed by atoms with Crippen LogP contribution in [0.1, 0.15) is 0 Å². The molecule has 5 rings (SSSR count). The molecule has 0 spiro atoms. The number of pyridine rings is 1. The maximum Gasteiger partial charge on any atom is 0.673 e. The Morgan fingerprint density at radius 1 is 0.526 bits per heavy atom. The molecule has 0 aliphatic carbocycles. The van der Waals surface area contributed by atoms with E-state index in [1.807, 2.05) is 18.3 Å². The van der Waals surface area contributed by atoms with Gasteiger partial charge in [-0.1, -0.05) is 132 Å². The van der Waals surface area contributed by atoms with E-state index in [-0.39, 0.29) is 0 Å². The standard InChI is InChI=1S/C29H24N2P2.BF4/c1-5-15-25(16-6-1)32(26-17-7-2-8-18-26)33(27-19-9-3-10-20-27,28-21-11-4-12-22-28)31-29-23-13-14-24-30-29;2-1(3,4)5/h1-24H;/q;-1/p+1. The number of rotatable bonds is 6. The van der Waals surface area contributed by atoms with Crippen LogP contribution in [0.5, 0.6) is 0 Å². The fourth-order valence-electron chi connectivity index (χ4n) is 4.08. The van der Waals surface area contributed by atoms with Crippen LogP contribution in [0.4, 0.5) is 23.1 Å². The molecule has 38 heavy (non-hydrogen) atoms. The summed E-state index contributed by atoms with van der Waals surface area (Å²) in [5.74, 6) is 0.901. The van der Waals surface area contributed by atoms with Gasteiger partial charge in [0, 0.05) is 24.3 Å². The summed E-state index contributed by atoms with van der Waals surface area (Å²) in [6.07, 6.45) is 1.86. The molecule has 1 aromatic heterocycles. The number of hydrogen-bond acceptors (Lipinski definition) is 1. The minimum Gasteiger partial charge on any atom is -0.418 e. The van der Waals surface area contributed by atoms with Crippen molar-refractivity contribution in [2.75, 3.05) is 0 Å². The van der Waals surface area contributed by atoms with E-state index in [0.29, 0.717) is 0 Å². The zero-order valence-corrected chi connectivity index (χ0v) is 22.1. The van der Waals surface area contributed by atoms with Gasteiger partial charge in [-0.15, -0.1) is 0 Å². The molecule has 0 saturated heterocycles.